The fourth-order valence-corrected chi connectivity index (χ4v) is 5.55. The first-order valence-electron chi connectivity index (χ1n) is 10.9. The molecule has 162 valence electrons. The van der Waals surface area contributed by atoms with Crippen LogP contribution in [0.5, 0.6) is 0 Å². The molecule has 8 heteroatoms. The number of pyridine rings is 1. The fourth-order valence-electron chi connectivity index (χ4n) is 4.70. The average Bonchev–Trinajstić information content (AvgIpc) is 3.42. The van der Waals surface area contributed by atoms with Crippen LogP contribution in [0.3, 0.4) is 0 Å². The van der Waals surface area contributed by atoms with Crippen LogP contribution in [0, 0.1) is 5.92 Å². The van der Waals surface area contributed by atoms with E-state index in [4.69, 9.17) is 0 Å². The van der Waals surface area contributed by atoms with Crippen molar-refractivity contribution in [3.05, 3.63) is 47.6 Å². The summed E-state index contributed by atoms with van der Waals surface area (Å²) >= 11 is 1.66. The minimum Gasteiger partial charge on any atom is -0.353 e. The number of carbonyl (C=O) groups is 2. The Hall–Kier alpha value is -2.87. The zero-order valence-corrected chi connectivity index (χ0v) is 18.6. The maximum atomic E-state index is 13.1. The summed E-state index contributed by atoms with van der Waals surface area (Å²) in [5.74, 6) is 1.30. The summed E-state index contributed by atoms with van der Waals surface area (Å²) in [5, 5.41) is 2.05. The SMILES string of the molecule is Cn1c(C(=O)N2CCC(C(=O)N3CCN(c4ccccn4)CC3)CC2)cc2sccc21. The van der Waals surface area contributed by atoms with Crippen LogP contribution < -0.4 is 4.90 Å². The highest BCUT2D eigenvalue weighted by atomic mass is 32.1. The largest absolute Gasteiger partial charge is 0.353 e. The summed E-state index contributed by atoms with van der Waals surface area (Å²) in [4.78, 5) is 36.6. The standard InChI is InChI=1S/C23H27N5O2S/c1-25-18-7-15-31-20(18)16-19(25)23(30)27-9-5-17(6-10-27)22(29)28-13-11-26(12-14-28)21-4-2-3-8-24-21/h2-4,7-8,15-17H,5-6,9-14H2,1H3. The Kier molecular flexibility index (Phi) is 5.40. The lowest BCUT2D eigenvalue weighted by Gasteiger charge is -2.39. The van der Waals surface area contributed by atoms with Gasteiger partial charge in [0.05, 0.1) is 10.2 Å². The average molecular weight is 438 g/mol. The van der Waals surface area contributed by atoms with Crippen LogP contribution in [-0.4, -0.2) is 70.4 Å². The molecule has 31 heavy (non-hydrogen) atoms. The maximum Gasteiger partial charge on any atom is 0.270 e. The van der Waals surface area contributed by atoms with E-state index in [0.717, 1.165) is 60.7 Å². The Morgan fingerprint density at radius 2 is 1.77 bits per heavy atom. The third kappa shape index (κ3) is 3.80. The number of thiophene rings is 1. The molecule has 3 aromatic rings. The van der Waals surface area contributed by atoms with Gasteiger partial charge in [-0.25, -0.2) is 4.98 Å². The normalized spacial score (nSPS) is 18.0. The molecule has 0 aliphatic carbocycles. The van der Waals surface area contributed by atoms with E-state index in [2.05, 4.69) is 16.0 Å². The molecular formula is C23H27N5O2S. The van der Waals surface area contributed by atoms with Gasteiger partial charge in [-0.05, 0) is 42.5 Å². The number of carbonyl (C=O) groups excluding carboxylic acids is 2. The van der Waals surface area contributed by atoms with Gasteiger partial charge in [0.1, 0.15) is 11.5 Å². The van der Waals surface area contributed by atoms with Crippen LogP contribution in [0.15, 0.2) is 41.9 Å². The number of hydrogen-bond donors (Lipinski definition) is 0. The van der Waals surface area contributed by atoms with Gasteiger partial charge in [-0.1, -0.05) is 6.07 Å². The van der Waals surface area contributed by atoms with E-state index in [1.165, 1.54) is 0 Å². The topological polar surface area (TPSA) is 61.7 Å². The number of fused-ring (bicyclic) bond motifs is 1. The lowest BCUT2D eigenvalue weighted by molar-refractivity contribution is -0.137. The molecule has 0 bridgehead atoms. The van der Waals surface area contributed by atoms with E-state index >= 15 is 0 Å². The highest BCUT2D eigenvalue weighted by Crippen LogP contribution is 2.27. The highest BCUT2D eigenvalue weighted by molar-refractivity contribution is 7.17. The van der Waals surface area contributed by atoms with Crippen molar-refractivity contribution in [3.63, 3.8) is 0 Å². The summed E-state index contributed by atoms with van der Waals surface area (Å²) in [6, 6.07) is 9.96. The summed E-state index contributed by atoms with van der Waals surface area (Å²) in [6.07, 6.45) is 3.29. The third-order valence-electron chi connectivity index (χ3n) is 6.58. The van der Waals surface area contributed by atoms with E-state index in [1.54, 1.807) is 17.5 Å². The number of piperidine rings is 1. The van der Waals surface area contributed by atoms with Crippen molar-refractivity contribution < 1.29 is 9.59 Å². The number of hydrogen-bond acceptors (Lipinski definition) is 5. The number of aromatic nitrogens is 2. The molecule has 2 fully saturated rings. The van der Waals surface area contributed by atoms with Crippen molar-refractivity contribution in [3.8, 4) is 0 Å². The lowest BCUT2D eigenvalue weighted by Crippen LogP contribution is -2.52. The van der Waals surface area contributed by atoms with E-state index < -0.39 is 0 Å². The van der Waals surface area contributed by atoms with Gasteiger partial charge in [-0.15, -0.1) is 11.3 Å². The molecule has 2 amide bonds. The second-order valence-electron chi connectivity index (χ2n) is 8.33. The summed E-state index contributed by atoms with van der Waals surface area (Å²) < 4.78 is 3.12. The first kappa shape index (κ1) is 20.1. The van der Waals surface area contributed by atoms with Crippen molar-refractivity contribution in [1.82, 2.24) is 19.4 Å². The monoisotopic (exact) mass is 437 g/mol. The van der Waals surface area contributed by atoms with Crippen LogP contribution in [0.1, 0.15) is 23.3 Å². The minimum absolute atomic E-state index is 0.0161. The lowest BCUT2D eigenvalue weighted by atomic mass is 9.94. The molecular weight excluding hydrogens is 410 g/mol. The van der Waals surface area contributed by atoms with Gasteiger partial charge < -0.3 is 19.3 Å². The van der Waals surface area contributed by atoms with Gasteiger partial charge >= 0.3 is 0 Å². The quantitative estimate of drug-likeness (QED) is 0.632. The molecule has 0 saturated carbocycles. The van der Waals surface area contributed by atoms with Crippen LogP contribution in [-0.2, 0) is 11.8 Å². The molecule has 0 aromatic carbocycles. The van der Waals surface area contributed by atoms with Gasteiger partial charge in [0.25, 0.3) is 5.91 Å². The molecule has 7 nitrogen and oxygen atoms in total. The van der Waals surface area contributed by atoms with Gasteiger partial charge in [0.15, 0.2) is 0 Å². The number of aryl methyl sites for hydroxylation is 1. The van der Waals surface area contributed by atoms with E-state index in [-0.39, 0.29) is 17.7 Å². The predicted molar refractivity (Wildman–Crippen MR) is 122 cm³/mol. The van der Waals surface area contributed by atoms with E-state index in [0.29, 0.717) is 13.1 Å². The van der Waals surface area contributed by atoms with Gasteiger partial charge in [0.2, 0.25) is 5.91 Å². The Morgan fingerprint density at radius 3 is 2.45 bits per heavy atom. The summed E-state index contributed by atoms with van der Waals surface area (Å²) in [5.41, 5.74) is 1.83. The van der Waals surface area contributed by atoms with Crippen LogP contribution in [0.2, 0.25) is 0 Å². The molecule has 0 atom stereocenters. The molecule has 0 spiro atoms. The number of likely N-dealkylation sites (tertiary alicyclic amines) is 1. The molecule has 5 rings (SSSR count). The Labute approximate surface area is 185 Å². The van der Waals surface area contributed by atoms with Crippen molar-refractivity contribution in [2.75, 3.05) is 44.2 Å². The van der Waals surface area contributed by atoms with Crippen molar-refractivity contribution in [2.24, 2.45) is 13.0 Å². The number of anilines is 1. The zero-order chi connectivity index (χ0) is 21.4. The molecule has 0 unspecified atom stereocenters. The van der Waals surface area contributed by atoms with E-state index in [9.17, 15) is 9.59 Å². The van der Waals surface area contributed by atoms with E-state index in [1.807, 2.05) is 51.1 Å². The number of piperazine rings is 1. The molecule has 2 aliphatic rings. The highest BCUT2D eigenvalue weighted by Gasteiger charge is 2.32. The molecule has 3 aromatic heterocycles. The van der Waals surface area contributed by atoms with Crippen LogP contribution in [0.4, 0.5) is 5.82 Å². The molecule has 5 heterocycles. The van der Waals surface area contributed by atoms with Gasteiger partial charge in [-0.2, -0.15) is 0 Å². The molecule has 0 radical (unpaired) electrons. The number of nitrogens with zero attached hydrogens (tertiary/aromatic N) is 5. The van der Waals surface area contributed by atoms with Crippen molar-refractivity contribution in [1.29, 1.82) is 0 Å². The zero-order valence-electron chi connectivity index (χ0n) is 17.7. The first-order valence-corrected chi connectivity index (χ1v) is 11.8. The number of amides is 2. The van der Waals surface area contributed by atoms with Crippen molar-refractivity contribution >= 4 is 39.2 Å². The predicted octanol–water partition coefficient (Wildman–Crippen LogP) is 2.84. The molecule has 2 saturated heterocycles. The Morgan fingerprint density at radius 1 is 1.00 bits per heavy atom. The minimum atomic E-state index is 0.0161. The smallest absolute Gasteiger partial charge is 0.270 e. The molecule has 2 aliphatic heterocycles. The Balaban J connectivity index is 1.15. The second kappa shape index (κ2) is 8.34. The van der Waals surface area contributed by atoms with Crippen molar-refractivity contribution in [2.45, 2.75) is 12.8 Å². The maximum absolute atomic E-state index is 13.1. The fraction of sp³-hybridized carbons (Fsp3) is 0.435. The van der Waals surface area contributed by atoms with Gasteiger partial charge in [0, 0.05) is 58.4 Å². The van der Waals surface area contributed by atoms with Crippen LogP contribution in [0.25, 0.3) is 10.2 Å². The summed E-state index contributed by atoms with van der Waals surface area (Å²) in [6.45, 7) is 4.36. The molecule has 0 N–H and O–H groups in total. The number of rotatable bonds is 3. The van der Waals surface area contributed by atoms with Crippen LogP contribution >= 0.6 is 11.3 Å². The second-order valence-corrected chi connectivity index (χ2v) is 9.27. The van der Waals surface area contributed by atoms with Gasteiger partial charge in [-0.3, -0.25) is 9.59 Å². The summed E-state index contributed by atoms with van der Waals surface area (Å²) in [7, 11) is 1.95. The third-order valence-corrected chi connectivity index (χ3v) is 7.43. The Bertz CT molecular complexity index is 1080. The first-order chi connectivity index (χ1) is 15.1.